The van der Waals surface area contributed by atoms with Gasteiger partial charge in [0.15, 0.2) is 0 Å². The molecule has 0 atom stereocenters. The third-order valence-electron chi connectivity index (χ3n) is 2.66. The lowest BCUT2D eigenvalue weighted by atomic mass is 10.1. The number of aliphatic hydroxyl groups excluding tert-OH is 2. The predicted molar refractivity (Wildman–Crippen MR) is 57.2 cm³/mol. The first-order valence-corrected chi connectivity index (χ1v) is 6.00. The highest BCUT2D eigenvalue weighted by Gasteiger charge is 2.83. The summed E-state index contributed by atoms with van der Waals surface area (Å²) < 4.78 is 88.9. The number of alkyl halides is 6. The molecule has 0 bridgehead atoms. The first-order valence-electron chi connectivity index (χ1n) is 6.00. The van der Waals surface area contributed by atoms with Gasteiger partial charge in [-0.25, -0.2) is 0 Å². The number of hydrogen-bond acceptors (Lipinski definition) is 4. The van der Waals surface area contributed by atoms with Crippen LogP contribution in [0.15, 0.2) is 11.5 Å². The van der Waals surface area contributed by atoms with E-state index in [0.717, 1.165) is 0 Å². The maximum atomic E-state index is 13.5. The molecule has 10 heteroatoms. The molecule has 2 N–H and O–H groups in total. The summed E-state index contributed by atoms with van der Waals surface area (Å²) in [7, 11) is 0. The summed E-state index contributed by atoms with van der Waals surface area (Å²) in [5.74, 6) is -20.0. The zero-order chi connectivity index (χ0) is 16.3. The van der Waals surface area contributed by atoms with Crippen LogP contribution in [0.1, 0.15) is 12.8 Å². The number of halogens is 6. The molecule has 0 spiro atoms. The van der Waals surface area contributed by atoms with Crippen molar-refractivity contribution in [2.75, 3.05) is 26.4 Å². The summed E-state index contributed by atoms with van der Waals surface area (Å²) in [6, 6.07) is 0. The van der Waals surface area contributed by atoms with Crippen LogP contribution in [0.4, 0.5) is 26.3 Å². The van der Waals surface area contributed by atoms with Gasteiger partial charge in [-0.05, 0) is 0 Å². The van der Waals surface area contributed by atoms with Gasteiger partial charge in [-0.1, -0.05) is 0 Å². The Bertz CT molecular complexity index is 362. The molecule has 124 valence electrons. The molecular formula is C11H14F6O4. The van der Waals surface area contributed by atoms with Crippen LogP contribution in [-0.2, 0) is 9.47 Å². The van der Waals surface area contributed by atoms with Crippen LogP contribution in [-0.4, -0.2) is 54.4 Å². The fourth-order valence-corrected chi connectivity index (χ4v) is 1.56. The van der Waals surface area contributed by atoms with E-state index in [-0.39, 0.29) is 12.8 Å². The van der Waals surface area contributed by atoms with Gasteiger partial charge in [0.1, 0.15) is 0 Å². The van der Waals surface area contributed by atoms with E-state index in [1.54, 1.807) is 0 Å². The molecular weight excluding hydrogens is 310 g/mol. The molecule has 1 rings (SSSR count). The molecule has 0 aromatic rings. The molecule has 1 aliphatic carbocycles. The number of ether oxygens (including phenoxy) is 2. The van der Waals surface area contributed by atoms with Gasteiger partial charge in [0.25, 0.3) is 0 Å². The van der Waals surface area contributed by atoms with E-state index >= 15 is 0 Å². The van der Waals surface area contributed by atoms with Crippen LogP contribution < -0.4 is 0 Å². The van der Waals surface area contributed by atoms with E-state index < -0.39 is 55.7 Å². The van der Waals surface area contributed by atoms with Crippen LogP contribution in [0.5, 0.6) is 0 Å². The maximum Gasteiger partial charge on any atom is 0.387 e. The van der Waals surface area contributed by atoms with Gasteiger partial charge in [0, 0.05) is 26.1 Å². The first-order chi connectivity index (χ1) is 9.64. The van der Waals surface area contributed by atoms with Crippen LogP contribution in [0.3, 0.4) is 0 Å². The van der Waals surface area contributed by atoms with E-state index in [1.807, 2.05) is 0 Å². The highest BCUT2D eigenvalue weighted by Crippen LogP contribution is 2.59. The lowest BCUT2D eigenvalue weighted by molar-refractivity contribution is -0.276. The van der Waals surface area contributed by atoms with Crippen molar-refractivity contribution in [3.63, 3.8) is 0 Å². The van der Waals surface area contributed by atoms with Crippen molar-refractivity contribution in [1.29, 1.82) is 0 Å². The van der Waals surface area contributed by atoms with Gasteiger partial charge >= 0.3 is 17.8 Å². The molecule has 0 unspecified atom stereocenters. The fourth-order valence-electron chi connectivity index (χ4n) is 1.56. The Morgan fingerprint density at radius 1 is 0.714 bits per heavy atom. The average Bonchev–Trinajstić information content (AvgIpc) is 2.48. The Kier molecular flexibility index (Phi) is 5.37. The van der Waals surface area contributed by atoms with Gasteiger partial charge in [0.2, 0.25) is 11.5 Å². The minimum atomic E-state index is -5.69. The summed E-state index contributed by atoms with van der Waals surface area (Å²) >= 11 is 0. The number of aliphatic hydroxyl groups is 2. The van der Waals surface area contributed by atoms with Crippen molar-refractivity contribution in [2.45, 2.75) is 30.6 Å². The molecule has 0 radical (unpaired) electrons. The Morgan fingerprint density at radius 3 is 1.33 bits per heavy atom. The predicted octanol–water partition coefficient (Wildman–Crippen LogP) is 1.92. The lowest BCUT2D eigenvalue weighted by Gasteiger charge is -2.24. The van der Waals surface area contributed by atoms with Crippen molar-refractivity contribution >= 4 is 0 Å². The molecule has 0 aromatic carbocycles. The number of rotatable bonds is 8. The Balaban J connectivity index is 3.10. The molecule has 0 saturated carbocycles. The number of allylic oxidation sites excluding steroid dienone is 2. The minimum Gasteiger partial charge on any atom is -0.488 e. The summed E-state index contributed by atoms with van der Waals surface area (Å²) in [4.78, 5) is 0. The standard InChI is InChI=1S/C11H14F6O4/c12-9(13)7(20-5-1-3-18)8(21-6-2-4-19)10(14,15)11(9,16)17/h18-19H,1-6H2. The van der Waals surface area contributed by atoms with E-state index in [9.17, 15) is 26.3 Å². The van der Waals surface area contributed by atoms with Crippen LogP contribution in [0, 0.1) is 0 Å². The smallest absolute Gasteiger partial charge is 0.387 e. The Morgan fingerprint density at radius 2 is 1.05 bits per heavy atom. The summed E-state index contributed by atoms with van der Waals surface area (Å²) in [5.41, 5.74) is 0. The second-order valence-corrected chi connectivity index (χ2v) is 4.23. The largest absolute Gasteiger partial charge is 0.488 e. The molecule has 0 heterocycles. The number of hydrogen-bond donors (Lipinski definition) is 2. The van der Waals surface area contributed by atoms with E-state index in [1.165, 1.54) is 0 Å². The molecule has 0 fully saturated rings. The monoisotopic (exact) mass is 324 g/mol. The first kappa shape index (κ1) is 17.9. The molecule has 1 aliphatic rings. The van der Waals surface area contributed by atoms with Crippen molar-refractivity contribution in [2.24, 2.45) is 0 Å². The summed E-state index contributed by atoms with van der Waals surface area (Å²) in [6.45, 7) is -2.29. The van der Waals surface area contributed by atoms with Crippen LogP contribution in [0.25, 0.3) is 0 Å². The molecule has 0 saturated heterocycles. The van der Waals surface area contributed by atoms with Crippen LogP contribution >= 0.6 is 0 Å². The van der Waals surface area contributed by atoms with Crippen LogP contribution in [0.2, 0.25) is 0 Å². The normalized spacial score (nSPS) is 22.5. The van der Waals surface area contributed by atoms with Gasteiger partial charge in [0.05, 0.1) is 13.2 Å². The maximum absolute atomic E-state index is 13.5. The molecule has 21 heavy (non-hydrogen) atoms. The zero-order valence-corrected chi connectivity index (χ0v) is 10.7. The molecule has 0 aromatic heterocycles. The Hall–Kier alpha value is -1.16. The van der Waals surface area contributed by atoms with E-state index in [2.05, 4.69) is 9.47 Å². The van der Waals surface area contributed by atoms with E-state index in [4.69, 9.17) is 10.2 Å². The molecule has 0 aliphatic heterocycles. The highest BCUT2D eigenvalue weighted by atomic mass is 19.3. The van der Waals surface area contributed by atoms with Crippen molar-refractivity contribution in [1.82, 2.24) is 0 Å². The van der Waals surface area contributed by atoms with Crippen molar-refractivity contribution < 1.29 is 46.0 Å². The third-order valence-corrected chi connectivity index (χ3v) is 2.66. The quantitative estimate of drug-likeness (QED) is 0.529. The van der Waals surface area contributed by atoms with Crippen molar-refractivity contribution in [3.05, 3.63) is 11.5 Å². The summed E-state index contributed by atoms with van der Waals surface area (Å²) in [6.07, 6.45) is -0.415. The van der Waals surface area contributed by atoms with Gasteiger partial charge in [-0.15, -0.1) is 0 Å². The molecule has 0 amide bonds. The summed E-state index contributed by atoms with van der Waals surface area (Å²) in [5, 5.41) is 17.0. The second-order valence-electron chi connectivity index (χ2n) is 4.23. The SMILES string of the molecule is OCCCOC1=C(OCCCO)C(F)(F)C(F)(F)C1(F)F. The molecule has 4 nitrogen and oxygen atoms in total. The minimum absolute atomic E-state index is 0.208. The second kappa shape index (κ2) is 6.30. The topological polar surface area (TPSA) is 58.9 Å². The lowest BCUT2D eigenvalue weighted by Crippen LogP contribution is -2.49. The van der Waals surface area contributed by atoms with Gasteiger partial charge < -0.3 is 19.7 Å². The van der Waals surface area contributed by atoms with Crippen molar-refractivity contribution in [3.8, 4) is 0 Å². The zero-order valence-electron chi connectivity index (χ0n) is 10.7. The van der Waals surface area contributed by atoms with E-state index in [0.29, 0.717) is 0 Å². The Labute approximate surface area is 116 Å². The van der Waals surface area contributed by atoms with Gasteiger partial charge in [-0.2, -0.15) is 26.3 Å². The van der Waals surface area contributed by atoms with Gasteiger partial charge in [-0.3, -0.25) is 0 Å². The fraction of sp³-hybridized carbons (Fsp3) is 0.818. The highest BCUT2D eigenvalue weighted by molar-refractivity contribution is 5.34. The third kappa shape index (κ3) is 2.91. The average molecular weight is 324 g/mol.